The molecule has 1 aliphatic rings. The number of benzene rings is 2. The van der Waals surface area contributed by atoms with Crippen LogP contribution in [-0.2, 0) is 9.59 Å². The van der Waals surface area contributed by atoms with Gasteiger partial charge in [0.05, 0.1) is 16.6 Å². The summed E-state index contributed by atoms with van der Waals surface area (Å²) in [4.78, 5) is 26.8. The van der Waals surface area contributed by atoms with Gasteiger partial charge in [-0.15, -0.1) is 0 Å². The van der Waals surface area contributed by atoms with Crippen LogP contribution in [0.5, 0.6) is 0 Å². The maximum absolute atomic E-state index is 12.6. The first-order valence-corrected chi connectivity index (χ1v) is 8.80. The molecule has 1 atom stereocenters. The highest BCUT2D eigenvalue weighted by molar-refractivity contribution is 6.33. The molecule has 0 bridgehead atoms. The Labute approximate surface area is 152 Å². The normalized spacial score (nSPS) is 17.2. The molecule has 0 saturated carbocycles. The Hall–Kier alpha value is -2.33. The second-order valence-electron chi connectivity index (χ2n) is 6.59. The summed E-state index contributed by atoms with van der Waals surface area (Å²) in [7, 11) is 0. The monoisotopic (exact) mass is 356 g/mol. The minimum atomic E-state index is -0.385. The van der Waals surface area contributed by atoms with E-state index in [0.717, 1.165) is 11.3 Å². The standard InChI is InChI=1S/C20H21ClN2O2/c1-13(2)15-7-3-6-10-18(15)23-12-14(11-19(23)24)20(25)22-17-9-5-4-8-16(17)21/h3-10,13-14H,11-12H2,1-2H3,(H,22,25). The summed E-state index contributed by atoms with van der Waals surface area (Å²) in [5, 5.41) is 3.32. The van der Waals surface area contributed by atoms with Gasteiger partial charge in [0.2, 0.25) is 11.8 Å². The van der Waals surface area contributed by atoms with Crippen molar-refractivity contribution in [3.05, 3.63) is 59.1 Å². The van der Waals surface area contributed by atoms with Gasteiger partial charge in [-0.05, 0) is 29.7 Å². The molecule has 1 saturated heterocycles. The fraction of sp³-hybridized carbons (Fsp3) is 0.300. The summed E-state index contributed by atoms with van der Waals surface area (Å²) >= 11 is 6.09. The van der Waals surface area contributed by atoms with Crippen LogP contribution in [0.4, 0.5) is 11.4 Å². The topological polar surface area (TPSA) is 49.4 Å². The molecule has 0 radical (unpaired) electrons. The predicted molar refractivity (Wildman–Crippen MR) is 101 cm³/mol. The van der Waals surface area contributed by atoms with Gasteiger partial charge in [0, 0.05) is 18.7 Å². The number of carbonyl (C=O) groups excluding carboxylic acids is 2. The van der Waals surface area contributed by atoms with E-state index in [1.54, 1.807) is 17.0 Å². The summed E-state index contributed by atoms with van der Waals surface area (Å²) in [5.74, 6) is -0.276. The van der Waals surface area contributed by atoms with Gasteiger partial charge in [-0.25, -0.2) is 0 Å². The number of amides is 2. The molecule has 0 aliphatic carbocycles. The van der Waals surface area contributed by atoms with Crippen molar-refractivity contribution in [3.63, 3.8) is 0 Å². The Morgan fingerprint density at radius 2 is 1.84 bits per heavy atom. The second-order valence-corrected chi connectivity index (χ2v) is 7.00. The molecule has 2 amide bonds. The Kier molecular flexibility index (Phi) is 5.09. The molecule has 1 N–H and O–H groups in total. The van der Waals surface area contributed by atoms with Gasteiger partial charge in [0.25, 0.3) is 0 Å². The molecule has 25 heavy (non-hydrogen) atoms. The number of para-hydroxylation sites is 2. The third-order valence-corrected chi connectivity index (χ3v) is 4.81. The average Bonchev–Trinajstić information content (AvgIpc) is 2.98. The van der Waals surface area contributed by atoms with Crippen LogP contribution in [-0.4, -0.2) is 18.4 Å². The van der Waals surface area contributed by atoms with Crippen molar-refractivity contribution in [2.45, 2.75) is 26.2 Å². The van der Waals surface area contributed by atoms with Crippen molar-refractivity contribution in [2.75, 3.05) is 16.8 Å². The highest BCUT2D eigenvalue weighted by Gasteiger charge is 2.36. The lowest BCUT2D eigenvalue weighted by molar-refractivity contribution is -0.122. The fourth-order valence-electron chi connectivity index (χ4n) is 3.13. The molecule has 0 aromatic heterocycles. The summed E-state index contributed by atoms with van der Waals surface area (Å²) in [6.45, 7) is 4.58. The average molecular weight is 357 g/mol. The van der Waals surface area contributed by atoms with Crippen LogP contribution in [0.3, 0.4) is 0 Å². The fourth-order valence-corrected chi connectivity index (χ4v) is 3.32. The molecule has 1 fully saturated rings. The zero-order valence-corrected chi connectivity index (χ0v) is 15.1. The van der Waals surface area contributed by atoms with Crippen molar-refractivity contribution >= 4 is 34.8 Å². The van der Waals surface area contributed by atoms with Gasteiger partial charge in [0.15, 0.2) is 0 Å². The van der Waals surface area contributed by atoms with Gasteiger partial charge in [-0.1, -0.05) is 55.8 Å². The molecule has 1 aliphatic heterocycles. The van der Waals surface area contributed by atoms with E-state index in [-0.39, 0.29) is 24.2 Å². The third kappa shape index (κ3) is 3.69. The molecule has 2 aromatic rings. The first-order chi connectivity index (χ1) is 12.0. The van der Waals surface area contributed by atoms with Crippen molar-refractivity contribution < 1.29 is 9.59 Å². The molecule has 4 nitrogen and oxygen atoms in total. The highest BCUT2D eigenvalue weighted by Crippen LogP contribution is 2.32. The van der Waals surface area contributed by atoms with E-state index in [9.17, 15) is 9.59 Å². The van der Waals surface area contributed by atoms with Gasteiger partial charge in [0.1, 0.15) is 0 Å². The van der Waals surface area contributed by atoms with Crippen LogP contribution in [0.1, 0.15) is 31.7 Å². The predicted octanol–water partition coefficient (Wildman–Crippen LogP) is 4.46. The molecular weight excluding hydrogens is 336 g/mol. The second kappa shape index (κ2) is 7.28. The van der Waals surface area contributed by atoms with E-state index in [1.807, 2.05) is 36.4 Å². The number of carbonyl (C=O) groups is 2. The minimum Gasteiger partial charge on any atom is -0.324 e. The lowest BCUT2D eigenvalue weighted by Gasteiger charge is -2.22. The molecular formula is C20H21ClN2O2. The van der Waals surface area contributed by atoms with E-state index in [1.165, 1.54) is 0 Å². The maximum Gasteiger partial charge on any atom is 0.229 e. The molecule has 0 spiro atoms. The number of hydrogen-bond donors (Lipinski definition) is 1. The zero-order chi connectivity index (χ0) is 18.0. The molecule has 3 rings (SSSR count). The van der Waals surface area contributed by atoms with Crippen molar-refractivity contribution in [3.8, 4) is 0 Å². The van der Waals surface area contributed by atoms with Gasteiger partial charge in [-0.2, -0.15) is 0 Å². The number of halogens is 1. The van der Waals surface area contributed by atoms with Crippen LogP contribution >= 0.6 is 11.6 Å². The first kappa shape index (κ1) is 17.5. The van der Waals surface area contributed by atoms with Gasteiger partial charge < -0.3 is 10.2 Å². The van der Waals surface area contributed by atoms with E-state index < -0.39 is 0 Å². The number of nitrogens with zero attached hydrogens (tertiary/aromatic N) is 1. The zero-order valence-electron chi connectivity index (χ0n) is 14.3. The molecule has 5 heteroatoms. The minimum absolute atomic E-state index is 0.0209. The Morgan fingerprint density at radius 1 is 1.16 bits per heavy atom. The van der Waals surface area contributed by atoms with E-state index in [0.29, 0.717) is 23.2 Å². The smallest absolute Gasteiger partial charge is 0.229 e. The highest BCUT2D eigenvalue weighted by atomic mass is 35.5. The SMILES string of the molecule is CC(C)c1ccccc1N1CC(C(=O)Nc2ccccc2Cl)CC1=O. The quantitative estimate of drug-likeness (QED) is 0.879. The lowest BCUT2D eigenvalue weighted by atomic mass is 10.0. The Bertz CT molecular complexity index is 804. The molecule has 2 aromatic carbocycles. The van der Waals surface area contributed by atoms with Crippen molar-refractivity contribution in [1.29, 1.82) is 0 Å². The number of anilines is 2. The maximum atomic E-state index is 12.6. The molecule has 1 unspecified atom stereocenters. The number of rotatable bonds is 4. The third-order valence-electron chi connectivity index (χ3n) is 4.48. The summed E-state index contributed by atoms with van der Waals surface area (Å²) in [6, 6.07) is 15.0. The summed E-state index contributed by atoms with van der Waals surface area (Å²) < 4.78 is 0. The largest absolute Gasteiger partial charge is 0.324 e. The Morgan fingerprint density at radius 3 is 2.56 bits per heavy atom. The van der Waals surface area contributed by atoms with E-state index >= 15 is 0 Å². The van der Waals surface area contributed by atoms with Crippen LogP contribution in [0.2, 0.25) is 5.02 Å². The van der Waals surface area contributed by atoms with E-state index in [2.05, 4.69) is 19.2 Å². The summed E-state index contributed by atoms with van der Waals surface area (Å²) in [6.07, 6.45) is 0.211. The number of nitrogens with one attached hydrogen (secondary N) is 1. The van der Waals surface area contributed by atoms with Crippen LogP contribution in [0, 0.1) is 5.92 Å². The first-order valence-electron chi connectivity index (χ1n) is 8.42. The van der Waals surface area contributed by atoms with Crippen LogP contribution < -0.4 is 10.2 Å². The molecule has 130 valence electrons. The van der Waals surface area contributed by atoms with Crippen molar-refractivity contribution in [1.82, 2.24) is 0 Å². The number of hydrogen-bond acceptors (Lipinski definition) is 2. The van der Waals surface area contributed by atoms with Crippen LogP contribution in [0.25, 0.3) is 0 Å². The van der Waals surface area contributed by atoms with Crippen LogP contribution in [0.15, 0.2) is 48.5 Å². The van der Waals surface area contributed by atoms with Gasteiger partial charge >= 0.3 is 0 Å². The Balaban J connectivity index is 1.77. The molecule has 1 heterocycles. The van der Waals surface area contributed by atoms with Crippen molar-refractivity contribution in [2.24, 2.45) is 5.92 Å². The lowest BCUT2D eigenvalue weighted by Crippen LogP contribution is -2.29. The summed E-state index contributed by atoms with van der Waals surface area (Å²) in [5.41, 5.74) is 2.58. The van der Waals surface area contributed by atoms with E-state index in [4.69, 9.17) is 11.6 Å². The van der Waals surface area contributed by atoms with Gasteiger partial charge in [-0.3, -0.25) is 9.59 Å².